The van der Waals surface area contributed by atoms with Gasteiger partial charge in [-0.1, -0.05) is 6.92 Å². The van der Waals surface area contributed by atoms with E-state index >= 15 is 0 Å². The van der Waals surface area contributed by atoms with Gasteiger partial charge in [-0.05, 0) is 24.8 Å². The van der Waals surface area contributed by atoms with Crippen molar-refractivity contribution in [1.82, 2.24) is 24.8 Å². The van der Waals surface area contributed by atoms with Gasteiger partial charge in [0, 0.05) is 64.1 Å². The van der Waals surface area contributed by atoms with Crippen LogP contribution >= 0.6 is 0 Å². The summed E-state index contributed by atoms with van der Waals surface area (Å²) in [6.07, 6.45) is 8.98. The van der Waals surface area contributed by atoms with Crippen LogP contribution in [0.3, 0.4) is 0 Å². The zero-order valence-corrected chi connectivity index (χ0v) is 15.7. The highest BCUT2D eigenvalue weighted by molar-refractivity contribution is 5.93. The van der Waals surface area contributed by atoms with E-state index in [0.717, 1.165) is 58.1 Å². The standard InChI is InChI=1S/C19H25N7O/c1-15-3-7-24(8-4-15)17(27)16-13-22-19(23-14-16)26-11-9-25(10-12-26)18-20-5-2-6-21-18/h2,5-6,13-15H,3-4,7-12H2,1H3. The largest absolute Gasteiger partial charge is 0.339 e. The number of amides is 1. The number of likely N-dealkylation sites (tertiary alicyclic amines) is 1. The van der Waals surface area contributed by atoms with Gasteiger partial charge in [0.15, 0.2) is 0 Å². The number of piperazine rings is 1. The third-order valence-corrected chi connectivity index (χ3v) is 5.35. The molecule has 8 nitrogen and oxygen atoms in total. The maximum atomic E-state index is 12.6. The summed E-state index contributed by atoms with van der Waals surface area (Å²) in [6, 6.07) is 1.82. The van der Waals surface area contributed by atoms with Crippen LogP contribution in [0.5, 0.6) is 0 Å². The summed E-state index contributed by atoms with van der Waals surface area (Å²) >= 11 is 0. The van der Waals surface area contributed by atoms with Crippen molar-refractivity contribution in [2.75, 3.05) is 49.1 Å². The maximum absolute atomic E-state index is 12.6. The fourth-order valence-electron chi connectivity index (χ4n) is 3.55. The van der Waals surface area contributed by atoms with Gasteiger partial charge in [-0.3, -0.25) is 4.79 Å². The summed E-state index contributed by atoms with van der Waals surface area (Å²) < 4.78 is 0. The smallest absolute Gasteiger partial charge is 0.256 e. The lowest BCUT2D eigenvalue weighted by atomic mass is 9.99. The van der Waals surface area contributed by atoms with Crippen molar-refractivity contribution in [1.29, 1.82) is 0 Å². The zero-order chi connectivity index (χ0) is 18.6. The van der Waals surface area contributed by atoms with Crippen LogP contribution in [0.2, 0.25) is 0 Å². The normalized spacial score (nSPS) is 18.6. The summed E-state index contributed by atoms with van der Waals surface area (Å²) in [6.45, 7) is 7.13. The lowest BCUT2D eigenvalue weighted by Crippen LogP contribution is -2.47. The summed E-state index contributed by atoms with van der Waals surface area (Å²) in [5.41, 5.74) is 0.574. The van der Waals surface area contributed by atoms with Crippen LogP contribution in [0.1, 0.15) is 30.1 Å². The molecule has 0 spiro atoms. The number of carbonyl (C=O) groups is 1. The Morgan fingerprint density at radius 1 is 0.852 bits per heavy atom. The van der Waals surface area contributed by atoms with Gasteiger partial charge < -0.3 is 14.7 Å². The van der Waals surface area contributed by atoms with E-state index in [1.807, 2.05) is 11.0 Å². The van der Waals surface area contributed by atoms with E-state index in [-0.39, 0.29) is 5.91 Å². The Bertz CT molecular complexity index is 751. The monoisotopic (exact) mass is 367 g/mol. The Hall–Kier alpha value is -2.77. The Morgan fingerprint density at radius 3 is 1.93 bits per heavy atom. The molecule has 0 atom stereocenters. The molecule has 0 bridgehead atoms. The van der Waals surface area contributed by atoms with Gasteiger partial charge in [0.05, 0.1) is 5.56 Å². The van der Waals surface area contributed by atoms with Gasteiger partial charge in [0.2, 0.25) is 11.9 Å². The zero-order valence-electron chi connectivity index (χ0n) is 15.7. The first kappa shape index (κ1) is 17.6. The van der Waals surface area contributed by atoms with Crippen molar-refractivity contribution in [3.8, 4) is 0 Å². The van der Waals surface area contributed by atoms with Crippen LogP contribution in [0.4, 0.5) is 11.9 Å². The van der Waals surface area contributed by atoms with Gasteiger partial charge >= 0.3 is 0 Å². The average molecular weight is 367 g/mol. The molecule has 2 aromatic heterocycles. The van der Waals surface area contributed by atoms with Crippen LogP contribution in [0.15, 0.2) is 30.9 Å². The molecule has 2 aliphatic rings. The van der Waals surface area contributed by atoms with Gasteiger partial charge in [-0.25, -0.2) is 19.9 Å². The molecule has 1 amide bonds. The molecule has 4 rings (SSSR count). The van der Waals surface area contributed by atoms with Gasteiger partial charge in [0.1, 0.15) is 0 Å². The van der Waals surface area contributed by atoms with E-state index < -0.39 is 0 Å². The molecule has 8 heteroatoms. The van der Waals surface area contributed by atoms with E-state index in [4.69, 9.17) is 0 Å². The van der Waals surface area contributed by atoms with Crippen molar-refractivity contribution in [3.63, 3.8) is 0 Å². The molecular weight excluding hydrogens is 342 g/mol. The second-order valence-corrected chi connectivity index (χ2v) is 7.27. The predicted molar refractivity (Wildman–Crippen MR) is 103 cm³/mol. The minimum Gasteiger partial charge on any atom is -0.339 e. The first-order valence-electron chi connectivity index (χ1n) is 9.59. The summed E-state index contributed by atoms with van der Waals surface area (Å²) in [4.78, 5) is 36.3. The van der Waals surface area contributed by atoms with Crippen LogP contribution in [0, 0.1) is 5.92 Å². The molecule has 2 fully saturated rings. The molecule has 0 N–H and O–H groups in total. The van der Waals surface area contributed by atoms with Gasteiger partial charge in [-0.15, -0.1) is 0 Å². The fraction of sp³-hybridized carbons (Fsp3) is 0.526. The molecule has 2 aliphatic heterocycles. The molecule has 27 heavy (non-hydrogen) atoms. The quantitative estimate of drug-likeness (QED) is 0.813. The first-order valence-corrected chi connectivity index (χ1v) is 9.59. The van der Waals surface area contributed by atoms with E-state index in [1.165, 1.54) is 0 Å². The topological polar surface area (TPSA) is 78.4 Å². The number of piperidine rings is 1. The molecule has 0 aliphatic carbocycles. The highest BCUT2D eigenvalue weighted by atomic mass is 16.2. The number of carbonyl (C=O) groups excluding carboxylic acids is 1. The summed E-state index contributed by atoms with van der Waals surface area (Å²) in [5.74, 6) is 2.18. The minimum absolute atomic E-state index is 0.0412. The molecule has 0 unspecified atom stereocenters. The van der Waals surface area contributed by atoms with Crippen LogP contribution in [-0.4, -0.2) is 70.0 Å². The lowest BCUT2D eigenvalue weighted by molar-refractivity contribution is 0.0696. The number of aromatic nitrogens is 4. The van der Waals surface area contributed by atoms with E-state index in [2.05, 4.69) is 36.7 Å². The van der Waals surface area contributed by atoms with Crippen molar-refractivity contribution in [2.45, 2.75) is 19.8 Å². The molecule has 142 valence electrons. The summed E-state index contributed by atoms with van der Waals surface area (Å²) in [5, 5.41) is 0. The predicted octanol–water partition coefficient (Wildman–Crippen LogP) is 1.47. The molecule has 0 aromatic carbocycles. The second-order valence-electron chi connectivity index (χ2n) is 7.27. The van der Waals surface area contributed by atoms with E-state index in [0.29, 0.717) is 17.4 Å². The summed E-state index contributed by atoms with van der Waals surface area (Å²) in [7, 11) is 0. The Labute approximate surface area is 159 Å². The third-order valence-electron chi connectivity index (χ3n) is 5.35. The molecule has 2 aromatic rings. The SMILES string of the molecule is CC1CCN(C(=O)c2cnc(N3CCN(c4ncccn4)CC3)nc2)CC1. The highest BCUT2D eigenvalue weighted by Crippen LogP contribution is 2.19. The molecule has 0 radical (unpaired) electrons. The Balaban J connectivity index is 1.35. The molecular formula is C19H25N7O. The number of rotatable bonds is 3. The number of nitrogens with zero attached hydrogens (tertiary/aromatic N) is 7. The average Bonchev–Trinajstić information content (AvgIpc) is 2.75. The minimum atomic E-state index is 0.0412. The number of hydrogen-bond donors (Lipinski definition) is 0. The van der Waals surface area contributed by atoms with Crippen molar-refractivity contribution >= 4 is 17.8 Å². The second kappa shape index (κ2) is 7.85. The third kappa shape index (κ3) is 3.99. The first-order chi connectivity index (χ1) is 13.2. The highest BCUT2D eigenvalue weighted by Gasteiger charge is 2.23. The lowest BCUT2D eigenvalue weighted by Gasteiger charge is -2.34. The maximum Gasteiger partial charge on any atom is 0.256 e. The molecule has 2 saturated heterocycles. The Kier molecular flexibility index (Phi) is 5.13. The van der Waals surface area contributed by atoms with Crippen LogP contribution < -0.4 is 9.80 Å². The Morgan fingerprint density at radius 2 is 1.37 bits per heavy atom. The van der Waals surface area contributed by atoms with Crippen molar-refractivity contribution < 1.29 is 4.79 Å². The van der Waals surface area contributed by atoms with Crippen LogP contribution in [-0.2, 0) is 0 Å². The number of hydrogen-bond acceptors (Lipinski definition) is 7. The fourth-order valence-corrected chi connectivity index (χ4v) is 3.55. The van der Waals surface area contributed by atoms with E-state index in [9.17, 15) is 4.79 Å². The molecule has 4 heterocycles. The molecule has 0 saturated carbocycles. The number of anilines is 2. The van der Waals surface area contributed by atoms with E-state index in [1.54, 1.807) is 24.8 Å². The van der Waals surface area contributed by atoms with Gasteiger partial charge in [0.25, 0.3) is 5.91 Å². The van der Waals surface area contributed by atoms with Crippen LogP contribution in [0.25, 0.3) is 0 Å². The van der Waals surface area contributed by atoms with Crippen molar-refractivity contribution in [2.24, 2.45) is 5.92 Å². The van der Waals surface area contributed by atoms with Gasteiger partial charge in [-0.2, -0.15) is 0 Å². The van der Waals surface area contributed by atoms with Crippen molar-refractivity contribution in [3.05, 3.63) is 36.4 Å².